The lowest BCUT2D eigenvalue weighted by atomic mass is 10.3. The van der Waals surface area contributed by atoms with E-state index in [0.29, 0.717) is 27.8 Å². The SMILES string of the molecule is COc1ccc(OCc2nnc(SCc3nc4ccccc4n3C(F)F)n2-c2ccccc2)cc1. The Hall–Kier alpha value is -3.92. The van der Waals surface area contributed by atoms with Crippen LogP contribution in [0.1, 0.15) is 18.2 Å². The van der Waals surface area contributed by atoms with Gasteiger partial charge in [0.2, 0.25) is 0 Å². The molecule has 5 aromatic rings. The summed E-state index contributed by atoms with van der Waals surface area (Å²) in [6.45, 7) is -2.52. The molecule has 10 heteroatoms. The lowest BCUT2D eigenvalue weighted by molar-refractivity contribution is 0.0722. The van der Waals surface area contributed by atoms with Gasteiger partial charge in [0.1, 0.15) is 23.9 Å². The van der Waals surface area contributed by atoms with E-state index in [2.05, 4.69) is 15.2 Å². The molecule has 0 saturated heterocycles. The molecule has 0 N–H and O–H groups in total. The van der Waals surface area contributed by atoms with Crippen molar-refractivity contribution in [2.45, 2.75) is 24.1 Å². The molecular formula is C25H21F2N5O2S. The van der Waals surface area contributed by atoms with Gasteiger partial charge in [-0.2, -0.15) is 8.78 Å². The zero-order valence-electron chi connectivity index (χ0n) is 18.7. The number of methoxy groups -OCH3 is 1. The molecule has 3 aromatic carbocycles. The van der Waals surface area contributed by atoms with Gasteiger partial charge in [0.05, 0.1) is 23.9 Å². The van der Waals surface area contributed by atoms with Crippen molar-refractivity contribution in [3.05, 3.63) is 90.5 Å². The van der Waals surface area contributed by atoms with Gasteiger partial charge < -0.3 is 9.47 Å². The van der Waals surface area contributed by atoms with Gasteiger partial charge in [-0.25, -0.2) is 4.98 Å². The second-order valence-electron chi connectivity index (χ2n) is 7.49. The normalized spacial score (nSPS) is 11.3. The number of imidazole rings is 1. The molecule has 0 saturated carbocycles. The topological polar surface area (TPSA) is 67.0 Å². The van der Waals surface area contributed by atoms with Crippen molar-refractivity contribution >= 4 is 22.8 Å². The van der Waals surface area contributed by atoms with Gasteiger partial charge in [0.25, 0.3) is 0 Å². The first-order valence-corrected chi connectivity index (χ1v) is 11.8. The molecule has 2 aromatic heterocycles. The third-order valence-corrected chi connectivity index (χ3v) is 6.26. The number of benzene rings is 3. The predicted molar refractivity (Wildman–Crippen MR) is 129 cm³/mol. The molecule has 0 aliphatic heterocycles. The van der Waals surface area contributed by atoms with Crippen LogP contribution in [0, 0.1) is 0 Å². The van der Waals surface area contributed by atoms with Gasteiger partial charge in [-0.3, -0.25) is 9.13 Å². The van der Waals surface area contributed by atoms with E-state index in [-0.39, 0.29) is 18.2 Å². The second kappa shape index (κ2) is 10.1. The monoisotopic (exact) mass is 493 g/mol. The Morgan fingerprint density at radius 2 is 1.57 bits per heavy atom. The molecule has 0 spiro atoms. The number of hydrogen-bond acceptors (Lipinski definition) is 6. The summed E-state index contributed by atoms with van der Waals surface area (Å²) in [6, 6.07) is 23.7. The number of alkyl halides is 2. The van der Waals surface area contributed by atoms with E-state index in [0.717, 1.165) is 16.0 Å². The molecule has 5 rings (SSSR count). The van der Waals surface area contributed by atoms with Crippen LogP contribution >= 0.6 is 11.8 Å². The molecule has 2 heterocycles. The number of ether oxygens (including phenoxy) is 2. The summed E-state index contributed by atoms with van der Waals surface area (Å²) < 4.78 is 41.6. The quantitative estimate of drug-likeness (QED) is 0.239. The molecule has 0 bridgehead atoms. The summed E-state index contributed by atoms with van der Waals surface area (Å²) in [5.41, 5.74) is 1.77. The third-order valence-electron chi connectivity index (χ3n) is 5.34. The average molecular weight is 494 g/mol. The highest BCUT2D eigenvalue weighted by Gasteiger charge is 2.20. The van der Waals surface area contributed by atoms with Crippen LogP contribution in [0.3, 0.4) is 0 Å². The largest absolute Gasteiger partial charge is 0.497 e. The molecule has 0 aliphatic carbocycles. The Morgan fingerprint density at radius 1 is 0.857 bits per heavy atom. The molecule has 0 atom stereocenters. The molecule has 0 amide bonds. The van der Waals surface area contributed by atoms with Gasteiger partial charge in [0.15, 0.2) is 11.0 Å². The summed E-state index contributed by atoms with van der Waals surface area (Å²) in [7, 11) is 1.60. The van der Waals surface area contributed by atoms with Crippen molar-refractivity contribution in [3.8, 4) is 17.2 Å². The number of rotatable bonds is 9. The highest BCUT2D eigenvalue weighted by atomic mass is 32.2. The average Bonchev–Trinajstić information content (AvgIpc) is 3.48. The number of para-hydroxylation sites is 3. The van der Waals surface area contributed by atoms with Crippen LogP contribution in [0.2, 0.25) is 0 Å². The van der Waals surface area contributed by atoms with E-state index in [1.165, 1.54) is 11.8 Å². The number of thioether (sulfide) groups is 1. The maximum atomic E-state index is 13.8. The first-order valence-electron chi connectivity index (χ1n) is 10.8. The zero-order valence-corrected chi connectivity index (χ0v) is 19.5. The molecule has 35 heavy (non-hydrogen) atoms. The summed E-state index contributed by atoms with van der Waals surface area (Å²) in [6.07, 6.45) is 0. The van der Waals surface area contributed by atoms with Gasteiger partial charge in [0, 0.05) is 5.69 Å². The highest BCUT2D eigenvalue weighted by Crippen LogP contribution is 2.30. The van der Waals surface area contributed by atoms with Crippen molar-refractivity contribution in [2.75, 3.05) is 7.11 Å². The van der Waals surface area contributed by atoms with E-state index in [9.17, 15) is 8.78 Å². The van der Waals surface area contributed by atoms with Gasteiger partial charge in [-0.1, -0.05) is 42.1 Å². The molecule has 7 nitrogen and oxygen atoms in total. The van der Waals surface area contributed by atoms with Crippen molar-refractivity contribution in [1.29, 1.82) is 0 Å². The fourth-order valence-corrected chi connectivity index (χ4v) is 4.59. The van der Waals surface area contributed by atoms with Gasteiger partial charge >= 0.3 is 6.55 Å². The molecule has 178 valence electrons. The molecule has 0 aliphatic rings. The summed E-state index contributed by atoms with van der Waals surface area (Å²) in [5.74, 6) is 2.44. The Kier molecular flexibility index (Phi) is 6.62. The van der Waals surface area contributed by atoms with E-state index in [1.807, 2.05) is 59.2 Å². The van der Waals surface area contributed by atoms with Crippen LogP contribution < -0.4 is 9.47 Å². The van der Waals surface area contributed by atoms with E-state index >= 15 is 0 Å². The van der Waals surface area contributed by atoms with Crippen molar-refractivity contribution in [2.24, 2.45) is 0 Å². The Bertz CT molecular complexity index is 1420. The molecular weight excluding hydrogens is 472 g/mol. The van der Waals surface area contributed by atoms with Crippen LogP contribution in [0.15, 0.2) is 84.0 Å². The Labute approximate surface area is 204 Å². The predicted octanol–water partition coefficient (Wildman–Crippen LogP) is 5.89. The summed E-state index contributed by atoms with van der Waals surface area (Å²) >= 11 is 1.29. The second-order valence-corrected chi connectivity index (χ2v) is 8.43. The Morgan fingerprint density at radius 3 is 2.31 bits per heavy atom. The minimum Gasteiger partial charge on any atom is -0.497 e. The van der Waals surface area contributed by atoms with Crippen LogP contribution in [0.5, 0.6) is 11.5 Å². The number of nitrogens with zero attached hydrogens (tertiary/aromatic N) is 5. The third kappa shape index (κ3) is 4.83. The van der Waals surface area contributed by atoms with Crippen LogP contribution in [-0.4, -0.2) is 31.4 Å². The first kappa shape index (κ1) is 22.9. The summed E-state index contributed by atoms with van der Waals surface area (Å²) in [5, 5.41) is 9.20. The number of fused-ring (bicyclic) bond motifs is 1. The van der Waals surface area contributed by atoms with E-state index in [1.54, 1.807) is 31.4 Å². The van der Waals surface area contributed by atoms with E-state index < -0.39 is 6.55 Å². The van der Waals surface area contributed by atoms with Crippen LogP contribution in [-0.2, 0) is 12.4 Å². The molecule has 0 radical (unpaired) electrons. The smallest absolute Gasteiger partial charge is 0.320 e. The van der Waals surface area contributed by atoms with Crippen LogP contribution in [0.4, 0.5) is 8.78 Å². The van der Waals surface area contributed by atoms with Gasteiger partial charge in [-0.15, -0.1) is 10.2 Å². The maximum Gasteiger partial charge on any atom is 0.320 e. The fourth-order valence-electron chi connectivity index (χ4n) is 3.69. The number of hydrogen-bond donors (Lipinski definition) is 0. The van der Waals surface area contributed by atoms with Crippen molar-refractivity contribution < 1.29 is 18.3 Å². The lowest BCUT2D eigenvalue weighted by Gasteiger charge is -2.12. The fraction of sp³-hybridized carbons (Fsp3) is 0.160. The minimum atomic E-state index is -2.70. The standard InChI is InChI=1S/C25H21F2N5O2S/c1-33-18-11-13-19(14-12-18)34-15-22-29-30-25(31(22)17-7-3-2-4-8-17)35-16-23-28-20-9-5-6-10-21(20)32(23)24(26)27/h2-14,24H,15-16H2,1H3. The van der Waals surface area contributed by atoms with E-state index in [4.69, 9.17) is 9.47 Å². The van der Waals surface area contributed by atoms with Crippen LogP contribution in [0.25, 0.3) is 16.7 Å². The highest BCUT2D eigenvalue weighted by molar-refractivity contribution is 7.98. The van der Waals surface area contributed by atoms with Crippen molar-refractivity contribution in [3.63, 3.8) is 0 Å². The van der Waals surface area contributed by atoms with Gasteiger partial charge in [-0.05, 0) is 48.5 Å². The molecule has 0 unspecified atom stereocenters. The zero-order chi connectivity index (χ0) is 24.2. The minimum absolute atomic E-state index is 0.171. The summed E-state index contributed by atoms with van der Waals surface area (Å²) in [4.78, 5) is 4.42. The maximum absolute atomic E-state index is 13.8. The number of aromatic nitrogens is 5. The number of halogens is 2. The Balaban J connectivity index is 1.42. The lowest BCUT2D eigenvalue weighted by Crippen LogP contribution is -2.07. The first-order chi connectivity index (χ1) is 17.1. The molecule has 0 fully saturated rings. The van der Waals surface area contributed by atoms with Crippen molar-refractivity contribution in [1.82, 2.24) is 24.3 Å².